The molecule has 0 N–H and O–H groups in total. The molecule has 0 amide bonds. The molecule has 1 fully saturated rings. The van der Waals surface area contributed by atoms with E-state index in [1.807, 2.05) is 18.2 Å². The Morgan fingerprint density at radius 3 is 2.81 bits per heavy atom. The monoisotopic (exact) mass is 350 g/mol. The third-order valence-corrected chi connectivity index (χ3v) is 4.25. The minimum Gasteiger partial charge on any atom is -0.464 e. The third kappa shape index (κ3) is 2.61. The summed E-state index contributed by atoms with van der Waals surface area (Å²) >= 11 is 3.53. The van der Waals surface area contributed by atoms with Crippen molar-refractivity contribution in [3.8, 4) is 0 Å². The SMILES string of the molecule is COC(=O)c1ncc2c(Br)cccc2c1N1CCOCC1. The molecule has 2 aromatic rings. The summed E-state index contributed by atoms with van der Waals surface area (Å²) in [5, 5.41) is 1.97. The van der Waals surface area contributed by atoms with Crippen molar-refractivity contribution in [2.45, 2.75) is 0 Å². The van der Waals surface area contributed by atoms with Gasteiger partial charge in [-0.05, 0) is 6.07 Å². The summed E-state index contributed by atoms with van der Waals surface area (Å²) in [5.41, 5.74) is 1.17. The number of hydrogen-bond acceptors (Lipinski definition) is 5. The van der Waals surface area contributed by atoms with Crippen LogP contribution in [0.1, 0.15) is 10.5 Å². The van der Waals surface area contributed by atoms with Gasteiger partial charge in [0.05, 0.1) is 26.0 Å². The molecular weight excluding hydrogens is 336 g/mol. The number of halogens is 1. The topological polar surface area (TPSA) is 51.7 Å². The van der Waals surface area contributed by atoms with E-state index in [4.69, 9.17) is 9.47 Å². The average molecular weight is 351 g/mol. The number of carbonyl (C=O) groups is 1. The van der Waals surface area contributed by atoms with Crippen molar-refractivity contribution >= 4 is 38.4 Å². The van der Waals surface area contributed by atoms with Gasteiger partial charge in [-0.15, -0.1) is 0 Å². The van der Waals surface area contributed by atoms with E-state index in [0.29, 0.717) is 18.9 Å². The van der Waals surface area contributed by atoms with Crippen LogP contribution in [0.2, 0.25) is 0 Å². The zero-order valence-corrected chi connectivity index (χ0v) is 13.2. The predicted molar refractivity (Wildman–Crippen MR) is 83.8 cm³/mol. The first kappa shape index (κ1) is 14.3. The molecule has 6 heteroatoms. The number of rotatable bonds is 2. The van der Waals surface area contributed by atoms with E-state index >= 15 is 0 Å². The molecular formula is C15H15BrN2O3. The second kappa shape index (κ2) is 5.99. The van der Waals surface area contributed by atoms with E-state index in [-0.39, 0.29) is 0 Å². The van der Waals surface area contributed by atoms with Crippen LogP contribution in [-0.4, -0.2) is 44.4 Å². The Balaban J connectivity index is 2.24. The molecule has 0 aliphatic carbocycles. The molecule has 0 bridgehead atoms. The normalized spacial score (nSPS) is 15.2. The quantitative estimate of drug-likeness (QED) is 0.779. The van der Waals surface area contributed by atoms with Crippen LogP contribution in [0.25, 0.3) is 10.8 Å². The van der Waals surface area contributed by atoms with Gasteiger partial charge >= 0.3 is 5.97 Å². The van der Waals surface area contributed by atoms with Crippen molar-refractivity contribution in [1.82, 2.24) is 4.98 Å². The highest BCUT2D eigenvalue weighted by Crippen LogP contribution is 2.34. The van der Waals surface area contributed by atoms with Crippen LogP contribution < -0.4 is 4.90 Å². The minimum absolute atomic E-state index is 0.352. The number of aromatic nitrogens is 1. The summed E-state index contributed by atoms with van der Waals surface area (Å²) in [5.74, 6) is -0.418. The number of esters is 1. The number of methoxy groups -OCH3 is 1. The molecule has 1 aromatic heterocycles. The lowest BCUT2D eigenvalue weighted by Crippen LogP contribution is -2.37. The Morgan fingerprint density at radius 1 is 1.33 bits per heavy atom. The Labute approximate surface area is 131 Å². The predicted octanol–water partition coefficient (Wildman–Crippen LogP) is 2.62. The van der Waals surface area contributed by atoms with Crippen LogP contribution in [0, 0.1) is 0 Å². The van der Waals surface area contributed by atoms with Gasteiger partial charge in [0.15, 0.2) is 5.69 Å². The molecule has 1 aliphatic heterocycles. The second-order valence-corrected chi connectivity index (χ2v) is 5.60. The van der Waals surface area contributed by atoms with Crippen molar-refractivity contribution in [2.75, 3.05) is 38.3 Å². The molecule has 0 unspecified atom stereocenters. The number of morpholine rings is 1. The minimum atomic E-state index is -0.418. The third-order valence-electron chi connectivity index (χ3n) is 3.56. The summed E-state index contributed by atoms with van der Waals surface area (Å²) < 4.78 is 11.2. The fraction of sp³-hybridized carbons (Fsp3) is 0.333. The van der Waals surface area contributed by atoms with Crippen molar-refractivity contribution < 1.29 is 14.3 Å². The molecule has 21 heavy (non-hydrogen) atoms. The number of pyridine rings is 1. The fourth-order valence-corrected chi connectivity index (χ4v) is 3.01. The Bertz CT molecular complexity index is 684. The van der Waals surface area contributed by atoms with E-state index in [1.54, 1.807) is 6.20 Å². The second-order valence-electron chi connectivity index (χ2n) is 4.75. The van der Waals surface area contributed by atoms with Crippen LogP contribution in [-0.2, 0) is 9.47 Å². The van der Waals surface area contributed by atoms with E-state index < -0.39 is 5.97 Å². The summed E-state index contributed by atoms with van der Waals surface area (Å²) in [6.07, 6.45) is 1.70. The molecule has 2 heterocycles. The first-order valence-electron chi connectivity index (χ1n) is 6.70. The number of hydrogen-bond donors (Lipinski definition) is 0. The molecule has 1 saturated heterocycles. The largest absolute Gasteiger partial charge is 0.464 e. The van der Waals surface area contributed by atoms with Gasteiger partial charge in [-0.2, -0.15) is 0 Å². The van der Waals surface area contributed by atoms with Gasteiger partial charge < -0.3 is 14.4 Å². The number of anilines is 1. The number of ether oxygens (including phenoxy) is 2. The lowest BCUT2D eigenvalue weighted by Gasteiger charge is -2.30. The maximum atomic E-state index is 12.1. The Hall–Kier alpha value is -1.66. The van der Waals surface area contributed by atoms with Gasteiger partial charge in [-0.25, -0.2) is 9.78 Å². The van der Waals surface area contributed by atoms with E-state index in [2.05, 4.69) is 25.8 Å². The zero-order valence-electron chi connectivity index (χ0n) is 11.6. The first-order valence-corrected chi connectivity index (χ1v) is 7.50. The highest BCUT2D eigenvalue weighted by atomic mass is 79.9. The molecule has 0 atom stereocenters. The zero-order chi connectivity index (χ0) is 14.8. The van der Waals surface area contributed by atoms with Crippen LogP contribution in [0.5, 0.6) is 0 Å². The van der Waals surface area contributed by atoms with Crippen LogP contribution in [0.15, 0.2) is 28.9 Å². The average Bonchev–Trinajstić information content (AvgIpc) is 2.54. The molecule has 1 aliphatic rings. The molecule has 3 rings (SSSR count). The number of benzene rings is 1. The van der Waals surface area contributed by atoms with Crippen LogP contribution >= 0.6 is 15.9 Å². The maximum absolute atomic E-state index is 12.1. The van der Waals surface area contributed by atoms with Crippen LogP contribution in [0.3, 0.4) is 0 Å². The Kier molecular flexibility index (Phi) is 4.07. The van der Waals surface area contributed by atoms with Crippen molar-refractivity contribution in [2.24, 2.45) is 0 Å². The van der Waals surface area contributed by atoms with Gasteiger partial charge in [-0.1, -0.05) is 28.1 Å². The molecule has 1 aromatic carbocycles. The first-order chi connectivity index (χ1) is 10.2. The summed E-state index contributed by atoms with van der Waals surface area (Å²) in [6.45, 7) is 2.75. The molecule has 0 spiro atoms. The highest BCUT2D eigenvalue weighted by Gasteiger charge is 2.23. The molecule has 0 saturated carbocycles. The highest BCUT2D eigenvalue weighted by molar-refractivity contribution is 9.10. The smallest absolute Gasteiger partial charge is 0.358 e. The lowest BCUT2D eigenvalue weighted by molar-refractivity contribution is 0.0594. The van der Waals surface area contributed by atoms with Crippen molar-refractivity contribution in [3.05, 3.63) is 34.6 Å². The van der Waals surface area contributed by atoms with Crippen molar-refractivity contribution in [3.63, 3.8) is 0 Å². The van der Waals surface area contributed by atoms with Gasteiger partial charge in [0, 0.05) is 34.5 Å². The lowest BCUT2D eigenvalue weighted by atomic mass is 10.1. The summed E-state index contributed by atoms with van der Waals surface area (Å²) in [6, 6.07) is 5.92. The summed E-state index contributed by atoms with van der Waals surface area (Å²) in [7, 11) is 1.37. The van der Waals surface area contributed by atoms with Crippen molar-refractivity contribution in [1.29, 1.82) is 0 Å². The van der Waals surface area contributed by atoms with E-state index in [9.17, 15) is 4.79 Å². The number of fused-ring (bicyclic) bond motifs is 1. The van der Waals surface area contributed by atoms with E-state index in [1.165, 1.54) is 7.11 Å². The Morgan fingerprint density at radius 2 is 2.10 bits per heavy atom. The maximum Gasteiger partial charge on any atom is 0.358 e. The van der Waals surface area contributed by atoms with E-state index in [0.717, 1.165) is 34.0 Å². The standard InChI is InChI=1S/C15H15BrN2O3/c1-20-15(19)13-14(18-5-7-21-8-6-18)10-3-2-4-12(16)11(10)9-17-13/h2-4,9H,5-8H2,1H3. The molecule has 0 radical (unpaired) electrons. The molecule has 5 nitrogen and oxygen atoms in total. The van der Waals surface area contributed by atoms with Crippen LogP contribution in [0.4, 0.5) is 5.69 Å². The van der Waals surface area contributed by atoms with Gasteiger partial charge in [0.2, 0.25) is 0 Å². The number of carbonyl (C=O) groups excluding carboxylic acids is 1. The van der Waals surface area contributed by atoms with Gasteiger partial charge in [0.25, 0.3) is 0 Å². The van der Waals surface area contributed by atoms with Gasteiger partial charge in [-0.3, -0.25) is 0 Å². The van der Waals surface area contributed by atoms with Gasteiger partial charge in [0.1, 0.15) is 0 Å². The number of nitrogens with zero attached hydrogens (tertiary/aromatic N) is 2. The fourth-order valence-electron chi connectivity index (χ4n) is 2.55. The summed E-state index contributed by atoms with van der Waals surface area (Å²) in [4.78, 5) is 18.5. The molecule has 110 valence electrons.